The van der Waals surface area contributed by atoms with Gasteiger partial charge < -0.3 is 9.64 Å². The summed E-state index contributed by atoms with van der Waals surface area (Å²) in [5.74, 6) is -0.247. The zero-order valence-electron chi connectivity index (χ0n) is 10.5. The van der Waals surface area contributed by atoms with Crippen LogP contribution >= 0.6 is 0 Å². The van der Waals surface area contributed by atoms with Crippen LogP contribution in [0.2, 0.25) is 0 Å². The highest BCUT2D eigenvalue weighted by atomic mass is 16.5. The average molecular weight is 248 g/mol. The average Bonchev–Trinajstić information content (AvgIpc) is 2.41. The maximum absolute atomic E-state index is 11.4. The molecule has 0 saturated carbocycles. The van der Waals surface area contributed by atoms with Gasteiger partial charge in [-0.2, -0.15) is 0 Å². The molecule has 1 heterocycles. The Morgan fingerprint density at radius 3 is 2.61 bits per heavy atom. The zero-order valence-corrected chi connectivity index (χ0v) is 10.5. The summed E-state index contributed by atoms with van der Waals surface area (Å²) in [5.41, 5.74) is 1.59. The van der Waals surface area contributed by atoms with Gasteiger partial charge in [-0.05, 0) is 17.7 Å². The number of carbonyl (C=O) groups excluding carboxylic acids is 2. The van der Waals surface area contributed by atoms with Crippen molar-refractivity contribution in [2.45, 2.75) is 6.04 Å². The number of carbonyl (C=O) groups is 2. The van der Waals surface area contributed by atoms with Crippen LogP contribution in [0.3, 0.4) is 0 Å². The molecule has 96 valence electrons. The summed E-state index contributed by atoms with van der Waals surface area (Å²) >= 11 is 0. The second-order valence-corrected chi connectivity index (χ2v) is 4.32. The second kappa shape index (κ2) is 5.18. The van der Waals surface area contributed by atoms with Gasteiger partial charge in [0.2, 0.25) is 5.91 Å². The van der Waals surface area contributed by atoms with Crippen LogP contribution < -0.4 is 5.32 Å². The van der Waals surface area contributed by atoms with E-state index in [0.717, 1.165) is 5.56 Å². The molecule has 1 aliphatic heterocycles. The maximum Gasteiger partial charge on any atom is 0.337 e. The van der Waals surface area contributed by atoms with Crippen molar-refractivity contribution in [2.75, 3.05) is 27.2 Å². The zero-order chi connectivity index (χ0) is 13.1. The van der Waals surface area contributed by atoms with Crippen LogP contribution in [-0.4, -0.2) is 44.0 Å². The number of esters is 1. The largest absolute Gasteiger partial charge is 0.465 e. The number of nitrogens with zero attached hydrogens (tertiary/aromatic N) is 1. The quantitative estimate of drug-likeness (QED) is 0.778. The lowest BCUT2D eigenvalue weighted by molar-refractivity contribution is -0.131. The number of amides is 1. The maximum atomic E-state index is 11.4. The summed E-state index contributed by atoms with van der Waals surface area (Å²) in [6, 6.07) is 7.35. The molecule has 1 amide bonds. The van der Waals surface area contributed by atoms with Gasteiger partial charge in [0.15, 0.2) is 0 Å². The SMILES string of the molecule is COC(=O)c1ccc([C@@H]2CN(C)C(=O)CN2)cc1. The number of likely N-dealkylation sites (N-methyl/N-ethyl adjacent to an activating group) is 1. The third-order valence-corrected chi connectivity index (χ3v) is 3.12. The summed E-state index contributed by atoms with van der Waals surface area (Å²) < 4.78 is 4.65. The Hall–Kier alpha value is -1.88. The Morgan fingerprint density at radius 2 is 2.06 bits per heavy atom. The van der Waals surface area contributed by atoms with Crippen molar-refractivity contribution in [1.82, 2.24) is 10.2 Å². The van der Waals surface area contributed by atoms with E-state index in [1.165, 1.54) is 7.11 Å². The smallest absolute Gasteiger partial charge is 0.337 e. The van der Waals surface area contributed by atoms with Gasteiger partial charge in [-0.1, -0.05) is 12.1 Å². The van der Waals surface area contributed by atoms with E-state index in [9.17, 15) is 9.59 Å². The summed E-state index contributed by atoms with van der Waals surface area (Å²) in [4.78, 5) is 24.4. The molecule has 2 rings (SSSR count). The van der Waals surface area contributed by atoms with E-state index in [4.69, 9.17) is 0 Å². The number of piperazine rings is 1. The molecule has 1 fully saturated rings. The lowest BCUT2D eigenvalue weighted by atomic mass is 10.0. The lowest BCUT2D eigenvalue weighted by Crippen LogP contribution is -2.47. The van der Waals surface area contributed by atoms with E-state index in [2.05, 4.69) is 10.1 Å². The fourth-order valence-electron chi connectivity index (χ4n) is 1.98. The molecule has 18 heavy (non-hydrogen) atoms. The van der Waals surface area contributed by atoms with E-state index in [-0.39, 0.29) is 17.9 Å². The summed E-state index contributed by atoms with van der Waals surface area (Å²) in [6.07, 6.45) is 0. The highest BCUT2D eigenvalue weighted by Crippen LogP contribution is 2.17. The van der Waals surface area contributed by atoms with E-state index in [0.29, 0.717) is 18.7 Å². The Kier molecular flexibility index (Phi) is 3.62. The van der Waals surface area contributed by atoms with Crippen molar-refractivity contribution < 1.29 is 14.3 Å². The standard InChI is InChI=1S/C13H16N2O3/c1-15-8-11(14-7-12(15)16)9-3-5-10(6-4-9)13(17)18-2/h3-6,11,14H,7-8H2,1-2H3/t11-/m0/s1. The molecule has 0 unspecified atom stereocenters. The third-order valence-electron chi connectivity index (χ3n) is 3.12. The molecule has 0 aromatic heterocycles. The number of hydrogen-bond donors (Lipinski definition) is 1. The highest BCUT2D eigenvalue weighted by molar-refractivity contribution is 5.89. The molecule has 1 saturated heterocycles. The first kappa shape index (κ1) is 12.6. The van der Waals surface area contributed by atoms with Crippen LogP contribution in [0, 0.1) is 0 Å². The molecule has 5 nitrogen and oxygen atoms in total. The van der Waals surface area contributed by atoms with Gasteiger partial charge in [0.1, 0.15) is 0 Å². The number of rotatable bonds is 2. The van der Waals surface area contributed by atoms with Crippen molar-refractivity contribution in [1.29, 1.82) is 0 Å². The van der Waals surface area contributed by atoms with Gasteiger partial charge in [0, 0.05) is 13.6 Å². The summed E-state index contributed by atoms with van der Waals surface area (Å²) in [7, 11) is 3.15. The Bertz CT molecular complexity index is 456. The first-order valence-electron chi connectivity index (χ1n) is 5.77. The van der Waals surface area contributed by atoms with Crippen LogP contribution in [0.1, 0.15) is 22.0 Å². The highest BCUT2D eigenvalue weighted by Gasteiger charge is 2.23. The van der Waals surface area contributed by atoms with Crippen LogP contribution in [0.25, 0.3) is 0 Å². The molecule has 0 aliphatic carbocycles. The van der Waals surface area contributed by atoms with Gasteiger partial charge in [-0.15, -0.1) is 0 Å². The van der Waals surface area contributed by atoms with E-state index < -0.39 is 0 Å². The minimum atomic E-state index is -0.342. The molecule has 1 aliphatic rings. The van der Waals surface area contributed by atoms with Gasteiger partial charge in [-0.3, -0.25) is 10.1 Å². The van der Waals surface area contributed by atoms with Crippen LogP contribution in [0.15, 0.2) is 24.3 Å². The van der Waals surface area contributed by atoms with E-state index in [1.54, 1.807) is 24.1 Å². The first-order valence-corrected chi connectivity index (χ1v) is 5.77. The third kappa shape index (κ3) is 2.51. The number of ether oxygens (including phenoxy) is 1. The molecule has 1 aromatic carbocycles. The summed E-state index contributed by atoms with van der Waals surface area (Å²) in [6.45, 7) is 0.982. The second-order valence-electron chi connectivity index (χ2n) is 4.32. The van der Waals surface area contributed by atoms with Gasteiger partial charge >= 0.3 is 5.97 Å². The molecule has 0 radical (unpaired) electrons. The van der Waals surface area contributed by atoms with Crippen LogP contribution in [0.4, 0.5) is 0 Å². The van der Waals surface area contributed by atoms with Gasteiger partial charge in [-0.25, -0.2) is 4.79 Å². The topological polar surface area (TPSA) is 58.6 Å². The molecular weight excluding hydrogens is 232 g/mol. The predicted molar refractivity (Wildman–Crippen MR) is 66.2 cm³/mol. The number of benzene rings is 1. The fourth-order valence-corrected chi connectivity index (χ4v) is 1.98. The monoisotopic (exact) mass is 248 g/mol. The first-order chi connectivity index (χ1) is 8.61. The van der Waals surface area contributed by atoms with Crippen molar-refractivity contribution in [3.63, 3.8) is 0 Å². The van der Waals surface area contributed by atoms with Crippen LogP contribution in [0.5, 0.6) is 0 Å². The van der Waals surface area contributed by atoms with Crippen LogP contribution in [-0.2, 0) is 9.53 Å². The fraction of sp³-hybridized carbons (Fsp3) is 0.385. The molecule has 1 N–H and O–H groups in total. The molecular formula is C13H16N2O3. The lowest BCUT2D eigenvalue weighted by Gasteiger charge is -2.31. The van der Waals surface area contributed by atoms with E-state index >= 15 is 0 Å². The minimum absolute atomic E-state index is 0.0948. The van der Waals surface area contributed by atoms with Gasteiger partial charge in [0.05, 0.1) is 25.3 Å². The number of nitrogens with one attached hydrogen (secondary N) is 1. The Labute approximate surface area is 106 Å². The van der Waals surface area contributed by atoms with Crippen molar-refractivity contribution in [3.05, 3.63) is 35.4 Å². The van der Waals surface area contributed by atoms with E-state index in [1.807, 2.05) is 12.1 Å². The number of hydrogen-bond acceptors (Lipinski definition) is 4. The number of methoxy groups -OCH3 is 1. The Balaban J connectivity index is 2.10. The van der Waals surface area contributed by atoms with Crippen molar-refractivity contribution >= 4 is 11.9 Å². The molecule has 0 spiro atoms. The molecule has 5 heteroatoms. The summed E-state index contributed by atoms with van der Waals surface area (Å²) in [5, 5.41) is 3.17. The minimum Gasteiger partial charge on any atom is -0.465 e. The molecule has 1 atom stereocenters. The van der Waals surface area contributed by atoms with Crippen molar-refractivity contribution in [2.24, 2.45) is 0 Å². The van der Waals surface area contributed by atoms with Gasteiger partial charge in [0.25, 0.3) is 0 Å². The van der Waals surface area contributed by atoms with Crippen molar-refractivity contribution in [3.8, 4) is 0 Å². The molecule has 0 bridgehead atoms. The molecule has 1 aromatic rings. The predicted octanol–water partition coefficient (Wildman–Crippen LogP) is 0.576. The Morgan fingerprint density at radius 1 is 1.39 bits per heavy atom. The normalized spacial score (nSPS) is 19.8.